The molecule has 6 atom stereocenters. The van der Waals surface area contributed by atoms with Crippen LogP contribution in [0.5, 0.6) is 0 Å². The number of pyridine rings is 1. The number of fused-ring (bicyclic) bond motifs is 1. The van der Waals surface area contributed by atoms with Gasteiger partial charge in [-0.1, -0.05) is 75.4 Å². The summed E-state index contributed by atoms with van der Waals surface area (Å²) in [6.07, 6.45) is 1.95. The molecule has 1 aromatic heterocycles. The second-order valence-corrected chi connectivity index (χ2v) is 19.2. The van der Waals surface area contributed by atoms with Gasteiger partial charge in [0.1, 0.15) is 17.8 Å². The number of benzene rings is 2. The summed E-state index contributed by atoms with van der Waals surface area (Å²) in [6, 6.07) is 16.4. The number of aromatic nitrogens is 1. The van der Waals surface area contributed by atoms with E-state index in [1.807, 2.05) is 63.2 Å². The summed E-state index contributed by atoms with van der Waals surface area (Å²) in [5, 5.41) is 5.78. The van der Waals surface area contributed by atoms with E-state index >= 15 is 0 Å². The lowest BCUT2D eigenvalue weighted by Crippen LogP contribution is -2.57. The van der Waals surface area contributed by atoms with Gasteiger partial charge in [-0.3, -0.25) is 28.7 Å². The van der Waals surface area contributed by atoms with Crippen molar-refractivity contribution in [1.82, 2.24) is 30.1 Å². The van der Waals surface area contributed by atoms with E-state index < -0.39 is 79.9 Å². The maximum absolute atomic E-state index is 14.8. The fraction of sp³-hybridized carbons (Fsp3) is 0.488. The predicted octanol–water partition coefficient (Wildman–Crippen LogP) is 4.28. The summed E-state index contributed by atoms with van der Waals surface area (Å²) in [6.45, 7) is 9.48. The van der Waals surface area contributed by atoms with Crippen LogP contribution in [0.1, 0.15) is 76.1 Å². The zero-order chi connectivity index (χ0) is 41.6. The lowest BCUT2D eigenvalue weighted by Gasteiger charge is -2.37. The van der Waals surface area contributed by atoms with Gasteiger partial charge in [0.25, 0.3) is 11.8 Å². The maximum Gasteiger partial charge on any atom is 0.259 e. The Morgan fingerprint density at radius 1 is 1.02 bits per heavy atom. The third-order valence-electron chi connectivity index (χ3n) is 11.9. The molecule has 308 valence electrons. The molecule has 58 heavy (non-hydrogen) atoms. The number of piperidine rings is 1. The van der Waals surface area contributed by atoms with Crippen LogP contribution >= 0.6 is 0 Å². The van der Waals surface area contributed by atoms with Gasteiger partial charge < -0.3 is 20.4 Å². The van der Waals surface area contributed by atoms with E-state index in [0.717, 1.165) is 5.56 Å². The van der Waals surface area contributed by atoms with Crippen molar-refractivity contribution in [3.05, 3.63) is 78.9 Å². The third kappa shape index (κ3) is 8.50. The number of nitrogens with one attached hydrogen (secondary N) is 3. The van der Waals surface area contributed by atoms with E-state index in [0.29, 0.717) is 54.4 Å². The number of hydrogen-bond donors (Lipinski definition) is 3. The fourth-order valence-electron chi connectivity index (χ4n) is 8.25. The molecule has 15 heteroatoms. The zero-order valence-electron chi connectivity index (χ0n) is 33.1. The molecule has 0 radical (unpaired) electrons. The Bertz CT molecular complexity index is 2240. The minimum absolute atomic E-state index is 0.0326. The van der Waals surface area contributed by atoms with Crippen molar-refractivity contribution in [3.63, 3.8) is 0 Å². The molecular weight excluding hydrogens is 764 g/mol. The number of carbonyl (C=O) groups is 5. The molecule has 3 aromatic rings. The minimum atomic E-state index is -3.94. The van der Waals surface area contributed by atoms with Crippen LogP contribution in [0.3, 0.4) is 0 Å². The lowest BCUT2D eigenvalue weighted by molar-refractivity contribution is -0.149. The van der Waals surface area contributed by atoms with Gasteiger partial charge in [0.2, 0.25) is 27.7 Å². The van der Waals surface area contributed by atoms with Crippen LogP contribution in [0.25, 0.3) is 22.2 Å². The maximum atomic E-state index is 14.8. The van der Waals surface area contributed by atoms with Gasteiger partial charge in [0.05, 0.1) is 34.5 Å². The molecular formula is C43H51FN6O7S. The molecule has 13 nitrogen and oxygen atoms in total. The van der Waals surface area contributed by atoms with E-state index in [-0.39, 0.29) is 38.3 Å². The quantitative estimate of drug-likeness (QED) is 0.227. The van der Waals surface area contributed by atoms with E-state index in [1.165, 1.54) is 15.9 Å². The van der Waals surface area contributed by atoms with E-state index in [9.17, 15) is 36.8 Å². The molecule has 7 rings (SSSR count). The Morgan fingerprint density at radius 2 is 1.72 bits per heavy atom. The number of para-hydroxylation sites is 1. The van der Waals surface area contributed by atoms with E-state index in [1.54, 1.807) is 18.2 Å². The highest BCUT2D eigenvalue weighted by atomic mass is 32.2. The fourth-order valence-corrected chi connectivity index (χ4v) is 9.62. The Labute approximate surface area is 338 Å². The topological polar surface area (TPSA) is 175 Å². The summed E-state index contributed by atoms with van der Waals surface area (Å²) >= 11 is 0. The van der Waals surface area contributed by atoms with Crippen molar-refractivity contribution in [2.45, 2.75) is 94.8 Å². The monoisotopic (exact) mass is 814 g/mol. The summed E-state index contributed by atoms with van der Waals surface area (Å²) in [5.74, 6) is -4.37. The van der Waals surface area contributed by atoms with Crippen molar-refractivity contribution in [1.29, 1.82) is 0 Å². The number of likely N-dealkylation sites (tertiary alicyclic amines) is 2. The van der Waals surface area contributed by atoms with Gasteiger partial charge in [0.15, 0.2) is 0 Å². The van der Waals surface area contributed by atoms with Crippen molar-refractivity contribution in [3.8, 4) is 11.3 Å². The van der Waals surface area contributed by atoms with Crippen LogP contribution in [0, 0.1) is 17.3 Å². The van der Waals surface area contributed by atoms with Crippen LogP contribution in [0.4, 0.5) is 4.39 Å². The second-order valence-electron chi connectivity index (χ2n) is 17.2. The van der Waals surface area contributed by atoms with E-state index in [2.05, 4.69) is 21.9 Å². The van der Waals surface area contributed by atoms with Crippen molar-refractivity contribution >= 4 is 50.5 Å². The van der Waals surface area contributed by atoms with Crippen LogP contribution in [-0.4, -0.2) is 101 Å². The summed E-state index contributed by atoms with van der Waals surface area (Å²) in [7, 11) is -3.94. The molecule has 3 N–H and O–H groups in total. The van der Waals surface area contributed by atoms with Crippen molar-refractivity contribution in [2.24, 2.45) is 17.3 Å². The first-order chi connectivity index (χ1) is 27.5. The second kappa shape index (κ2) is 15.9. The number of rotatable bonds is 12. The largest absolute Gasteiger partial charge is 0.347 e. The third-order valence-corrected chi connectivity index (χ3v) is 13.8. The molecule has 2 saturated carbocycles. The Morgan fingerprint density at radius 3 is 2.38 bits per heavy atom. The highest BCUT2D eigenvalue weighted by Crippen LogP contribution is 2.46. The number of carbonyl (C=O) groups excluding carboxylic acids is 5. The van der Waals surface area contributed by atoms with Crippen LogP contribution in [0.2, 0.25) is 0 Å². The summed E-state index contributed by atoms with van der Waals surface area (Å²) in [5.41, 5.74) is -0.0199. The molecule has 4 fully saturated rings. The molecule has 4 aliphatic rings. The zero-order valence-corrected chi connectivity index (χ0v) is 33.9. The number of hydrogen-bond acceptors (Lipinski definition) is 8. The highest BCUT2D eigenvalue weighted by Gasteiger charge is 2.62. The molecule has 2 aliphatic heterocycles. The average Bonchev–Trinajstić information content (AvgIpc) is 4.12. The van der Waals surface area contributed by atoms with Gasteiger partial charge in [-0.05, 0) is 56.1 Å². The number of amides is 5. The van der Waals surface area contributed by atoms with Gasteiger partial charge in [-0.15, -0.1) is 6.58 Å². The first-order valence-electron chi connectivity index (χ1n) is 20.0. The Balaban J connectivity index is 1.18. The first kappa shape index (κ1) is 41.0. The number of nitrogens with zero attached hydrogens (tertiary/aromatic N) is 3. The SMILES string of the molecule is C=C[C@@H]1C[C@]1(NC(=O)[C@@H]1C[C@@H](NC(=O)c2cc(-c3ccccc3)nc3ccccc23)CN1C(=O)[C@@H](CC(=O)N1CCCC(F)C1)C(C)(C)C)C(=O)NS(=O)(=O)C1CC1. The lowest BCUT2D eigenvalue weighted by atomic mass is 9.77. The molecule has 3 heterocycles. The average molecular weight is 815 g/mol. The van der Waals surface area contributed by atoms with E-state index in [4.69, 9.17) is 4.98 Å². The molecule has 2 saturated heterocycles. The summed E-state index contributed by atoms with van der Waals surface area (Å²) in [4.78, 5) is 78.2. The molecule has 2 aliphatic carbocycles. The molecule has 5 amide bonds. The van der Waals surface area contributed by atoms with Crippen LogP contribution < -0.4 is 15.4 Å². The molecule has 0 spiro atoms. The molecule has 1 unspecified atom stereocenters. The smallest absolute Gasteiger partial charge is 0.259 e. The van der Waals surface area contributed by atoms with Gasteiger partial charge in [-0.2, -0.15) is 0 Å². The Kier molecular flexibility index (Phi) is 11.2. The molecule has 2 aromatic carbocycles. The number of alkyl halides is 1. The summed E-state index contributed by atoms with van der Waals surface area (Å²) < 4.78 is 42.0. The Hall–Kier alpha value is -5.18. The van der Waals surface area contributed by atoms with Crippen LogP contribution in [0.15, 0.2) is 73.3 Å². The number of sulfonamides is 1. The normalized spacial score (nSPS) is 25.1. The van der Waals surface area contributed by atoms with Crippen LogP contribution in [-0.2, 0) is 29.2 Å². The van der Waals surface area contributed by atoms with Crippen molar-refractivity contribution in [2.75, 3.05) is 19.6 Å². The van der Waals surface area contributed by atoms with Gasteiger partial charge in [-0.25, -0.2) is 17.8 Å². The molecule has 0 bridgehead atoms. The predicted molar refractivity (Wildman–Crippen MR) is 216 cm³/mol. The standard InChI is InChI=1S/C43H51FN6O7S/c1-5-27-23-43(27,41(55)48-58(56,57)30-17-18-30)47-39(53)36-20-29(25-50(36)40(54)33(42(2,3)4)22-37(51)49-19-11-14-28(44)24-49)45-38(52)32-21-35(26-12-7-6-8-13-26)46-34-16-10-9-15-31(32)34/h5-10,12-13,15-16,21,27-30,33,36H,1,11,14,17-20,22-25H2,2-4H3,(H,45,52)(H,47,53)(H,48,55)/t27-,28?,29-,33-,36+,43-/m1/s1. The minimum Gasteiger partial charge on any atom is -0.347 e. The highest BCUT2D eigenvalue weighted by molar-refractivity contribution is 7.91. The first-order valence-corrected chi connectivity index (χ1v) is 21.5. The van der Waals surface area contributed by atoms with Crippen molar-refractivity contribution < 1.29 is 36.8 Å². The number of halogens is 1. The van der Waals surface area contributed by atoms with Gasteiger partial charge in [0, 0.05) is 42.4 Å². The van der Waals surface area contributed by atoms with Gasteiger partial charge >= 0.3 is 0 Å².